The summed E-state index contributed by atoms with van der Waals surface area (Å²) in [7, 11) is 4.39. The Hall–Kier alpha value is -0.860. The molecule has 114 valence electrons. The Labute approximate surface area is 125 Å². The predicted octanol–water partition coefficient (Wildman–Crippen LogP) is 4.01. The molecule has 0 bridgehead atoms. The average Bonchev–Trinajstić information content (AvgIpc) is 2.43. The molecule has 0 aliphatic heterocycles. The summed E-state index contributed by atoms with van der Waals surface area (Å²) in [6.45, 7) is 10.0. The average molecular weight is 276 g/mol. The molecule has 0 aliphatic carbocycles. The monoisotopic (exact) mass is 276 g/mol. The highest BCUT2D eigenvalue weighted by Gasteiger charge is 2.21. The molecule has 1 aromatic rings. The van der Waals surface area contributed by atoms with E-state index in [1.165, 1.54) is 24.0 Å². The molecule has 2 unspecified atom stereocenters. The van der Waals surface area contributed by atoms with Crippen LogP contribution in [-0.4, -0.2) is 31.6 Å². The van der Waals surface area contributed by atoms with Gasteiger partial charge in [-0.3, -0.25) is 0 Å². The zero-order valence-electron chi connectivity index (χ0n) is 14.1. The van der Waals surface area contributed by atoms with E-state index in [1.54, 1.807) is 0 Å². The number of hydrogen-bond donors (Lipinski definition) is 1. The fraction of sp³-hybridized carbons (Fsp3) is 0.667. The van der Waals surface area contributed by atoms with Gasteiger partial charge >= 0.3 is 0 Å². The molecule has 0 aromatic heterocycles. The lowest BCUT2D eigenvalue weighted by Gasteiger charge is -2.32. The van der Waals surface area contributed by atoms with Crippen molar-refractivity contribution in [2.24, 2.45) is 5.92 Å². The third kappa shape index (κ3) is 4.92. The number of rotatable bonds is 8. The lowest BCUT2D eigenvalue weighted by molar-refractivity contribution is 0.190. The van der Waals surface area contributed by atoms with Gasteiger partial charge in [-0.1, -0.05) is 56.5 Å². The Bertz CT molecular complexity index is 366. The van der Waals surface area contributed by atoms with E-state index in [1.807, 2.05) is 0 Å². The van der Waals surface area contributed by atoms with E-state index >= 15 is 0 Å². The van der Waals surface area contributed by atoms with Crippen LogP contribution in [0.3, 0.4) is 0 Å². The third-order valence-corrected chi connectivity index (χ3v) is 4.47. The summed E-state index contributed by atoms with van der Waals surface area (Å²) in [4.78, 5) is 2.37. The minimum atomic E-state index is 0.410. The summed E-state index contributed by atoms with van der Waals surface area (Å²) in [6.07, 6.45) is 2.50. The van der Waals surface area contributed by atoms with E-state index in [2.05, 4.69) is 76.3 Å². The van der Waals surface area contributed by atoms with Crippen molar-refractivity contribution in [3.63, 3.8) is 0 Å². The number of nitrogens with one attached hydrogen (secondary N) is 1. The van der Waals surface area contributed by atoms with Gasteiger partial charge in [0.25, 0.3) is 0 Å². The van der Waals surface area contributed by atoms with Gasteiger partial charge < -0.3 is 10.2 Å². The molecular weight excluding hydrogens is 244 g/mol. The number of aryl methyl sites for hydroxylation is 1. The Morgan fingerprint density at radius 1 is 1.05 bits per heavy atom. The van der Waals surface area contributed by atoms with Crippen molar-refractivity contribution in [3.05, 3.63) is 35.4 Å². The molecule has 0 aliphatic rings. The second-order valence-electron chi connectivity index (χ2n) is 6.15. The largest absolute Gasteiger partial charge is 0.309 e. The normalized spacial score (nSPS) is 14.8. The second kappa shape index (κ2) is 8.43. The standard InChI is InChI=1S/C18H32N2/c1-7-16(8-2)18(20(5)6)13-19-15(4)17-11-9-14(3)10-12-17/h9-12,15-16,18-19H,7-8,13H2,1-6H3. The van der Waals surface area contributed by atoms with E-state index in [0.717, 1.165) is 12.5 Å². The Balaban J connectivity index is 2.60. The van der Waals surface area contributed by atoms with Gasteiger partial charge in [-0.05, 0) is 39.4 Å². The second-order valence-corrected chi connectivity index (χ2v) is 6.15. The molecule has 0 amide bonds. The summed E-state index contributed by atoms with van der Waals surface area (Å²) >= 11 is 0. The maximum Gasteiger partial charge on any atom is 0.0292 e. The highest BCUT2D eigenvalue weighted by Crippen LogP contribution is 2.18. The van der Waals surface area contributed by atoms with Crippen molar-refractivity contribution in [2.45, 2.75) is 52.6 Å². The number of likely N-dealkylation sites (N-methyl/N-ethyl adjacent to an activating group) is 1. The van der Waals surface area contributed by atoms with Crippen LogP contribution in [0.2, 0.25) is 0 Å². The Kier molecular flexibility index (Phi) is 7.25. The SMILES string of the molecule is CCC(CC)C(CNC(C)c1ccc(C)cc1)N(C)C. The lowest BCUT2D eigenvalue weighted by atomic mass is 9.93. The first kappa shape index (κ1) is 17.2. The molecule has 0 saturated carbocycles. The summed E-state index contributed by atoms with van der Waals surface area (Å²) in [6, 6.07) is 9.87. The molecule has 2 atom stereocenters. The zero-order valence-corrected chi connectivity index (χ0v) is 14.1. The molecule has 0 radical (unpaired) electrons. The van der Waals surface area contributed by atoms with E-state index in [9.17, 15) is 0 Å². The third-order valence-electron chi connectivity index (χ3n) is 4.47. The summed E-state index contributed by atoms with van der Waals surface area (Å²) in [5.41, 5.74) is 2.70. The van der Waals surface area contributed by atoms with Crippen molar-refractivity contribution in [2.75, 3.05) is 20.6 Å². The molecule has 1 aromatic carbocycles. The first-order chi connectivity index (χ1) is 9.49. The molecule has 0 heterocycles. The van der Waals surface area contributed by atoms with E-state index in [-0.39, 0.29) is 0 Å². The molecule has 2 heteroatoms. The van der Waals surface area contributed by atoms with Crippen LogP contribution in [0.15, 0.2) is 24.3 Å². The fourth-order valence-electron chi connectivity index (χ4n) is 2.87. The first-order valence-corrected chi connectivity index (χ1v) is 7.95. The molecule has 0 saturated heterocycles. The number of benzene rings is 1. The van der Waals surface area contributed by atoms with Gasteiger partial charge in [0.1, 0.15) is 0 Å². The van der Waals surface area contributed by atoms with Gasteiger partial charge in [0.05, 0.1) is 0 Å². The first-order valence-electron chi connectivity index (χ1n) is 7.95. The maximum atomic E-state index is 3.71. The molecule has 1 rings (SSSR count). The Morgan fingerprint density at radius 2 is 1.60 bits per heavy atom. The van der Waals surface area contributed by atoms with Crippen molar-refractivity contribution in [1.82, 2.24) is 10.2 Å². The van der Waals surface area contributed by atoms with Crippen LogP contribution < -0.4 is 5.32 Å². The number of hydrogen-bond acceptors (Lipinski definition) is 2. The van der Waals surface area contributed by atoms with E-state index in [0.29, 0.717) is 12.1 Å². The van der Waals surface area contributed by atoms with Gasteiger partial charge in [-0.25, -0.2) is 0 Å². The van der Waals surface area contributed by atoms with Crippen LogP contribution in [0.1, 0.15) is 50.8 Å². The summed E-state index contributed by atoms with van der Waals surface area (Å²) in [5, 5.41) is 3.71. The molecule has 2 nitrogen and oxygen atoms in total. The molecule has 20 heavy (non-hydrogen) atoms. The quantitative estimate of drug-likeness (QED) is 0.771. The van der Waals surface area contributed by atoms with Crippen LogP contribution in [-0.2, 0) is 0 Å². The molecular formula is C18H32N2. The Morgan fingerprint density at radius 3 is 2.05 bits per heavy atom. The highest BCUT2D eigenvalue weighted by molar-refractivity contribution is 5.23. The maximum absolute atomic E-state index is 3.71. The minimum absolute atomic E-state index is 0.410. The van der Waals surface area contributed by atoms with Crippen molar-refractivity contribution < 1.29 is 0 Å². The molecule has 1 N–H and O–H groups in total. The van der Waals surface area contributed by atoms with Crippen LogP contribution in [0, 0.1) is 12.8 Å². The summed E-state index contributed by atoms with van der Waals surface area (Å²) in [5.74, 6) is 0.766. The fourth-order valence-corrected chi connectivity index (χ4v) is 2.87. The topological polar surface area (TPSA) is 15.3 Å². The van der Waals surface area contributed by atoms with Crippen LogP contribution in [0.5, 0.6) is 0 Å². The smallest absolute Gasteiger partial charge is 0.0292 e. The molecule has 0 spiro atoms. The predicted molar refractivity (Wildman–Crippen MR) is 89.1 cm³/mol. The van der Waals surface area contributed by atoms with Crippen molar-refractivity contribution in [1.29, 1.82) is 0 Å². The molecule has 0 fully saturated rings. The lowest BCUT2D eigenvalue weighted by Crippen LogP contribution is -2.43. The van der Waals surface area contributed by atoms with Crippen LogP contribution >= 0.6 is 0 Å². The zero-order chi connectivity index (χ0) is 15.1. The van der Waals surface area contributed by atoms with Crippen LogP contribution in [0.25, 0.3) is 0 Å². The van der Waals surface area contributed by atoms with Crippen molar-refractivity contribution in [3.8, 4) is 0 Å². The van der Waals surface area contributed by atoms with E-state index < -0.39 is 0 Å². The minimum Gasteiger partial charge on any atom is -0.309 e. The highest BCUT2D eigenvalue weighted by atomic mass is 15.1. The van der Waals surface area contributed by atoms with Crippen LogP contribution in [0.4, 0.5) is 0 Å². The summed E-state index contributed by atoms with van der Waals surface area (Å²) < 4.78 is 0. The van der Waals surface area contributed by atoms with Gasteiger partial charge in [0.2, 0.25) is 0 Å². The van der Waals surface area contributed by atoms with Gasteiger partial charge in [-0.15, -0.1) is 0 Å². The van der Waals surface area contributed by atoms with Gasteiger partial charge in [-0.2, -0.15) is 0 Å². The number of nitrogens with zero attached hydrogens (tertiary/aromatic N) is 1. The van der Waals surface area contributed by atoms with Gasteiger partial charge in [0.15, 0.2) is 0 Å². The van der Waals surface area contributed by atoms with Gasteiger partial charge in [0, 0.05) is 18.6 Å². The van der Waals surface area contributed by atoms with E-state index in [4.69, 9.17) is 0 Å². The van der Waals surface area contributed by atoms with Crippen molar-refractivity contribution >= 4 is 0 Å².